The molecule has 1 aromatic rings. The topological polar surface area (TPSA) is 32.3 Å². The fourth-order valence-corrected chi connectivity index (χ4v) is 2.80. The molecule has 0 saturated carbocycles. The first kappa shape index (κ1) is 19.5. The Bertz CT molecular complexity index is 439. The lowest BCUT2D eigenvalue weighted by molar-refractivity contribution is -0.116. The average molecular weight is 319 g/mol. The number of rotatable bonds is 12. The summed E-state index contributed by atoms with van der Waals surface area (Å²) in [5.41, 5.74) is 2.12. The normalized spacial score (nSPS) is 10.6. The zero-order valence-electron chi connectivity index (χ0n) is 15.2. The number of nitrogens with one attached hydrogen (secondary N) is 1. The highest BCUT2D eigenvalue weighted by atomic mass is 16.1. The third-order valence-electron chi connectivity index (χ3n) is 3.99. The van der Waals surface area contributed by atoms with Gasteiger partial charge in [-0.3, -0.25) is 4.79 Å². The summed E-state index contributed by atoms with van der Waals surface area (Å²) in [4.78, 5) is 14.4. The van der Waals surface area contributed by atoms with E-state index in [1.54, 1.807) is 0 Å². The number of nitrogens with zero attached hydrogens (tertiary/aromatic N) is 1. The SMILES string of the molecule is CCCCCCCC(=O)Nc1cccc(N(CCC)CCC)c1. The summed E-state index contributed by atoms with van der Waals surface area (Å²) in [5, 5.41) is 3.05. The van der Waals surface area contributed by atoms with Gasteiger partial charge in [-0.1, -0.05) is 52.5 Å². The van der Waals surface area contributed by atoms with Crippen LogP contribution in [0.5, 0.6) is 0 Å². The highest BCUT2D eigenvalue weighted by molar-refractivity contribution is 5.91. The lowest BCUT2D eigenvalue weighted by atomic mass is 10.1. The standard InChI is InChI=1S/C20H34N2O/c1-4-7-8-9-10-14-20(23)21-18-12-11-13-19(17-18)22(15-5-2)16-6-3/h11-13,17H,4-10,14-16H2,1-3H3,(H,21,23). The lowest BCUT2D eigenvalue weighted by Gasteiger charge is -2.24. The maximum atomic E-state index is 12.1. The van der Waals surface area contributed by atoms with E-state index in [-0.39, 0.29) is 5.91 Å². The molecule has 0 radical (unpaired) electrons. The molecule has 1 N–H and O–H groups in total. The summed E-state index contributed by atoms with van der Waals surface area (Å²) < 4.78 is 0. The molecular weight excluding hydrogens is 284 g/mol. The molecule has 0 unspecified atom stereocenters. The van der Waals surface area contributed by atoms with E-state index in [1.165, 1.54) is 24.9 Å². The third kappa shape index (κ3) is 8.06. The van der Waals surface area contributed by atoms with Crippen molar-refractivity contribution in [1.82, 2.24) is 0 Å². The van der Waals surface area contributed by atoms with Gasteiger partial charge in [-0.15, -0.1) is 0 Å². The van der Waals surface area contributed by atoms with E-state index in [0.717, 1.165) is 44.5 Å². The molecule has 0 heterocycles. The van der Waals surface area contributed by atoms with Crippen LogP contribution in [0.1, 0.15) is 72.1 Å². The van der Waals surface area contributed by atoms with Gasteiger partial charge in [-0.25, -0.2) is 0 Å². The van der Waals surface area contributed by atoms with Gasteiger partial charge in [0, 0.05) is 30.9 Å². The van der Waals surface area contributed by atoms with Crippen LogP contribution in [0.25, 0.3) is 0 Å². The highest BCUT2D eigenvalue weighted by Gasteiger charge is 2.07. The van der Waals surface area contributed by atoms with Crippen molar-refractivity contribution in [3.63, 3.8) is 0 Å². The molecule has 0 aliphatic heterocycles. The van der Waals surface area contributed by atoms with Crippen LogP contribution in [0, 0.1) is 0 Å². The number of benzene rings is 1. The fourth-order valence-electron chi connectivity index (χ4n) is 2.80. The maximum absolute atomic E-state index is 12.1. The van der Waals surface area contributed by atoms with Gasteiger partial charge in [0.1, 0.15) is 0 Å². The summed E-state index contributed by atoms with van der Waals surface area (Å²) in [6.07, 6.45) is 8.79. The van der Waals surface area contributed by atoms with Crippen LogP contribution in [0.4, 0.5) is 11.4 Å². The number of unbranched alkanes of at least 4 members (excludes halogenated alkanes) is 4. The van der Waals surface area contributed by atoms with Gasteiger partial charge in [0.05, 0.1) is 0 Å². The Morgan fingerprint density at radius 1 is 0.957 bits per heavy atom. The number of carbonyl (C=O) groups excluding carboxylic acids is 1. The zero-order chi connectivity index (χ0) is 16.9. The molecule has 0 fully saturated rings. The molecule has 1 amide bonds. The summed E-state index contributed by atoms with van der Waals surface area (Å²) in [6.45, 7) is 8.73. The molecule has 0 aliphatic carbocycles. The van der Waals surface area contributed by atoms with E-state index in [1.807, 2.05) is 12.1 Å². The van der Waals surface area contributed by atoms with Gasteiger partial charge in [0.15, 0.2) is 0 Å². The van der Waals surface area contributed by atoms with Gasteiger partial charge in [-0.2, -0.15) is 0 Å². The number of carbonyl (C=O) groups is 1. The summed E-state index contributed by atoms with van der Waals surface area (Å²) in [6, 6.07) is 8.24. The van der Waals surface area contributed by atoms with Crippen molar-refractivity contribution in [3.8, 4) is 0 Å². The van der Waals surface area contributed by atoms with Crippen molar-refractivity contribution in [2.45, 2.75) is 72.1 Å². The molecule has 1 rings (SSSR count). The molecule has 0 atom stereocenters. The van der Waals surface area contributed by atoms with Crippen LogP contribution in [0.15, 0.2) is 24.3 Å². The minimum absolute atomic E-state index is 0.135. The molecule has 23 heavy (non-hydrogen) atoms. The fraction of sp³-hybridized carbons (Fsp3) is 0.650. The molecule has 0 spiro atoms. The molecular formula is C20H34N2O. The number of hydrogen-bond acceptors (Lipinski definition) is 2. The third-order valence-corrected chi connectivity index (χ3v) is 3.99. The zero-order valence-corrected chi connectivity index (χ0v) is 15.2. The van der Waals surface area contributed by atoms with Crippen LogP contribution in [0.3, 0.4) is 0 Å². The minimum Gasteiger partial charge on any atom is -0.371 e. The average Bonchev–Trinajstić information content (AvgIpc) is 2.55. The molecule has 0 saturated heterocycles. The van der Waals surface area contributed by atoms with Gasteiger partial charge in [-0.05, 0) is 37.5 Å². The lowest BCUT2D eigenvalue weighted by Crippen LogP contribution is -2.25. The second-order valence-corrected chi connectivity index (χ2v) is 6.25. The predicted octanol–water partition coefficient (Wildman–Crippen LogP) is 5.61. The van der Waals surface area contributed by atoms with Crippen molar-refractivity contribution in [3.05, 3.63) is 24.3 Å². The Kier molecular flexibility index (Phi) is 10.2. The van der Waals surface area contributed by atoms with E-state index >= 15 is 0 Å². The van der Waals surface area contributed by atoms with Crippen molar-refractivity contribution >= 4 is 17.3 Å². The van der Waals surface area contributed by atoms with Crippen LogP contribution in [-0.4, -0.2) is 19.0 Å². The quantitative estimate of drug-likeness (QED) is 0.508. The van der Waals surface area contributed by atoms with E-state index in [4.69, 9.17) is 0 Å². The van der Waals surface area contributed by atoms with Crippen molar-refractivity contribution in [1.29, 1.82) is 0 Å². The first-order valence-electron chi connectivity index (χ1n) is 9.36. The van der Waals surface area contributed by atoms with Crippen LogP contribution in [0.2, 0.25) is 0 Å². The van der Waals surface area contributed by atoms with E-state index in [9.17, 15) is 4.79 Å². The second-order valence-electron chi connectivity index (χ2n) is 6.25. The van der Waals surface area contributed by atoms with Gasteiger partial charge in [0.25, 0.3) is 0 Å². The van der Waals surface area contributed by atoms with E-state index in [2.05, 4.69) is 43.1 Å². The van der Waals surface area contributed by atoms with Gasteiger partial charge >= 0.3 is 0 Å². The van der Waals surface area contributed by atoms with Crippen molar-refractivity contribution < 1.29 is 4.79 Å². The molecule has 3 nitrogen and oxygen atoms in total. The molecule has 3 heteroatoms. The molecule has 0 aromatic heterocycles. The Morgan fingerprint density at radius 2 is 1.65 bits per heavy atom. The van der Waals surface area contributed by atoms with Crippen LogP contribution < -0.4 is 10.2 Å². The molecule has 130 valence electrons. The number of anilines is 2. The first-order chi connectivity index (χ1) is 11.2. The summed E-state index contributed by atoms with van der Waals surface area (Å²) in [7, 11) is 0. The smallest absolute Gasteiger partial charge is 0.224 e. The molecule has 0 aliphatic rings. The van der Waals surface area contributed by atoms with Crippen LogP contribution >= 0.6 is 0 Å². The van der Waals surface area contributed by atoms with Crippen molar-refractivity contribution in [2.75, 3.05) is 23.3 Å². The van der Waals surface area contributed by atoms with Gasteiger partial charge < -0.3 is 10.2 Å². The monoisotopic (exact) mass is 318 g/mol. The largest absolute Gasteiger partial charge is 0.371 e. The number of hydrogen-bond donors (Lipinski definition) is 1. The Balaban J connectivity index is 2.50. The first-order valence-corrected chi connectivity index (χ1v) is 9.36. The second kappa shape index (κ2) is 12.0. The molecule has 0 bridgehead atoms. The Hall–Kier alpha value is -1.51. The maximum Gasteiger partial charge on any atom is 0.224 e. The van der Waals surface area contributed by atoms with Crippen molar-refractivity contribution in [2.24, 2.45) is 0 Å². The highest BCUT2D eigenvalue weighted by Crippen LogP contribution is 2.20. The summed E-state index contributed by atoms with van der Waals surface area (Å²) >= 11 is 0. The summed E-state index contributed by atoms with van der Waals surface area (Å²) in [5.74, 6) is 0.135. The van der Waals surface area contributed by atoms with E-state index < -0.39 is 0 Å². The molecule has 1 aromatic carbocycles. The van der Waals surface area contributed by atoms with Crippen LogP contribution in [-0.2, 0) is 4.79 Å². The minimum atomic E-state index is 0.135. The number of amides is 1. The van der Waals surface area contributed by atoms with E-state index in [0.29, 0.717) is 6.42 Å². The Morgan fingerprint density at radius 3 is 2.30 bits per heavy atom. The predicted molar refractivity (Wildman–Crippen MR) is 101 cm³/mol. The Labute approximate surface area is 142 Å². The van der Waals surface area contributed by atoms with Gasteiger partial charge in [0.2, 0.25) is 5.91 Å².